The molecule has 5 nitrogen and oxygen atoms in total. The van der Waals surface area contributed by atoms with Crippen molar-refractivity contribution >= 4 is 15.9 Å². The maximum Gasteiger partial charge on any atom is 0.251 e. The smallest absolute Gasteiger partial charge is 0.251 e. The third-order valence-corrected chi connectivity index (χ3v) is 6.22. The molecule has 1 saturated carbocycles. The largest absolute Gasteiger partial charge is 0.345 e. The van der Waals surface area contributed by atoms with E-state index >= 15 is 0 Å². The van der Waals surface area contributed by atoms with Crippen LogP contribution in [0.3, 0.4) is 0 Å². The number of nitrogens with one attached hydrogen (secondary N) is 1. The van der Waals surface area contributed by atoms with E-state index in [0.717, 1.165) is 22.7 Å². The summed E-state index contributed by atoms with van der Waals surface area (Å²) in [4.78, 5) is 12.8. The molecular formula is C19H22N2O3S. The number of sulfonamides is 1. The van der Waals surface area contributed by atoms with Gasteiger partial charge in [0.1, 0.15) is 0 Å². The van der Waals surface area contributed by atoms with Crippen molar-refractivity contribution in [2.75, 3.05) is 14.1 Å². The van der Waals surface area contributed by atoms with Crippen molar-refractivity contribution in [2.24, 2.45) is 5.92 Å². The van der Waals surface area contributed by atoms with Crippen LogP contribution in [0, 0.1) is 5.92 Å². The van der Waals surface area contributed by atoms with E-state index in [9.17, 15) is 13.2 Å². The summed E-state index contributed by atoms with van der Waals surface area (Å²) in [6, 6.07) is 16.0. The number of hydrogen-bond acceptors (Lipinski definition) is 3. The standard InChI is InChI=1S/C19H22N2O3S/c1-21(2)25(23,24)17-10-6-9-16(13-17)19(22)20-18(15-11-12-15)14-7-4-3-5-8-14/h3-10,13,15,18H,11-12H2,1-2H3,(H,20,22)/t18-/m1/s1. The van der Waals surface area contributed by atoms with E-state index in [-0.39, 0.29) is 16.8 Å². The Kier molecular flexibility index (Phi) is 4.92. The summed E-state index contributed by atoms with van der Waals surface area (Å²) in [6.45, 7) is 0. The summed E-state index contributed by atoms with van der Waals surface area (Å²) in [5.74, 6) is 0.191. The third-order valence-electron chi connectivity index (χ3n) is 4.41. The average Bonchev–Trinajstić information content (AvgIpc) is 3.45. The molecule has 0 aliphatic heterocycles. The summed E-state index contributed by atoms with van der Waals surface area (Å²) >= 11 is 0. The first-order valence-electron chi connectivity index (χ1n) is 8.28. The van der Waals surface area contributed by atoms with E-state index in [1.165, 1.54) is 26.2 Å². The molecule has 1 fully saturated rings. The van der Waals surface area contributed by atoms with Crippen molar-refractivity contribution in [3.8, 4) is 0 Å². The van der Waals surface area contributed by atoms with Gasteiger partial charge < -0.3 is 5.32 Å². The van der Waals surface area contributed by atoms with E-state index in [2.05, 4.69) is 5.32 Å². The van der Waals surface area contributed by atoms with Crippen molar-refractivity contribution in [1.82, 2.24) is 9.62 Å². The second kappa shape index (κ2) is 6.98. The van der Waals surface area contributed by atoms with Gasteiger partial charge in [-0.25, -0.2) is 12.7 Å². The zero-order valence-corrected chi connectivity index (χ0v) is 15.2. The highest BCUT2D eigenvalue weighted by Crippen LogP contribution is 2.41. The number of rotatable bonds is 6. The maximum absolute atomic E-state index is 12.7. The lowest BCUT2D eigenvalue weighted by Gasteiger charge is -2.19. The Labute approximate surface area is 148 Å². The Morgan fingerprint density at radius 3 is 2.36 bits per heavy atom. The first kappa shape index (κ1) is 17.6. The normalized spacial score (nSPS) is 15.8. The summed E-state index contributed by atoms with van der Waals surface area (Å²) in [7, 11) is -0.619. The first-order valence-corrected chi connectivity index (χ1v) is 9.72. The quantitative estimate of drug-likeness (QED) is 0.863. The van der Waals surface area contributed by atoms with Crippen molar-refractivity contribution < 1.29 is 13.2 Å². The van der Waals surface area contributed by atoms with Crippen molar-refractivity contribution in [3.63, 3.8) is 0 Å². The summed E-state index contributed by atoms with van der Waals surface area (Å²) < 4.78 is 25.7. The lowest BCUT2D eigenvalue weighted by molar-refractivity contribution is 0.0931. The van der Waals surface area contributed by atoms with Gasteiger partial charge in [0.2, 0.25) is 10.0 Å². The second-order valence-electron chi connectivity index (χ2n) is 6.51. The van der Waals surface area contributed by atoms with Crippen LogP contribution in [-0.2, 0) is 10.0 Å². The molecule has 0 aromatic heterocycles. The molecule has 6 heteroatoms. The lowest BCUT2D eigenvalue weighted by atomic mass is 10.0. The van der Waals surface area contributed by atoms with Gasteiger partial charge in [0.05, 0.1) is 10.9 Å². The van der Waals surface area contributed by atoms with Gasteiger partial charge in [-0.05, 0) is 42.5 Å². The Balaban J connectivity index is 1.84. The molecule has 0 spiro atoms. The number of nitrogens with zero attached hydrogens (tertiary/aromatic N) is 1. The minimum Gasteiger partial charge on any atom is -0.345 e. The third kappa shape index (κ3) is 3.91. The Bertz CT molecular complexity index is 859. The molecule has 0 bridgehead atoms. The van der Waals surface area contributed by atoms with Crippen molar-refractivity contribution in [1.29, 1.82) is 0 Å². The molecule has 1 aliphatic carbocycles. The monoisotopic (exact) mass is 358 g/mol. The predicted molar refractivity (Wildman–Crippen MR) is 96.7 cm³/mol. The molecule has 132 valence electrons. The fourth-order valence-electron chi connectivity index (χ4n) is 2.80. The van der Waals surface area contributed by atoms with Gasteiger partial charge in [-0.15, -0.1) is 0 Å². The molecule has 0 saturated heterocycles. The minimum atomic E-state index is -3.56. The number of benzene rings is 2. The molecule has 2 aromatic carbocycles. The molecule has 3 rings (SSSR count). The van der Waals surface area contributed by atoms with E-state index in [1.807, 2.05) is 30.3 Å². The summed E-state index contributed by atoms with van der Waals surface area (Å²) in [5.41, 5.74) is 1.43. The molecule has 1 aliphatic rings. The minimum absolute atomic E-state index is 0.0391. The molecule has 1 N–H and O–H groups in total. The van der Waals surface area contributed by atoms with E-state index in [1.54, 1.807) is 12.1 Å². The van der Waals surface area contributed by atoms with Crippen LogP contribution in [0.4, 0.5) is 0 Å². The Hall–Kier alpha value is -2.18. The second-order valence-corrected chi connectivity index (χ2v) is 8.67. The van der Waals surface area contributed by atoms with Crippen LogP contribution in [-0.4, -0.2) is 32.7 Å². The van der Waals surface area contributed by atoms with Crippen LogP contribution in [0.1, 0.15) is 34.8 Å². The van der Waals surface area contributed by atoms with Gasteiger partial charge in [0.25, 0.3) is 5.91 Å². The van der Waals surface area contributed by atoms with E-state index < -0.39 is 10.0 Å². The van der Waals surface area contributed by atoms with Gasteiger partial charge in [0.15, 0.2) is 0 Å². The molecular weight excluding hydrogens is 336 g/mol. The number of amides is 1. The van der Waals surface area contributed by atoms with Gasteiger partial charge in [-0.3, -0.25) is 4.79 Å². The van der Waals surface area contributed by atoms with Gasteiger partial charge >= 0.3 is 0 Å². The van der Waals surface area contributed by atoms with Crippen LogP contribution in [0.2, 0.25) is 0 Å². The molecule has 0 unspecified atom stereocenters. The molecule has 0 heterocycles. The molecule has 25 heavy (non-hydrogen) atoms. The highest BCUT2D eigenvalue weighted by molar-refractivity contribution is 7.89. The zero-order valence-electron chi connectivity index (χ0n) is 14.3. The highest BCUT2D eigenvalue weighted by Gasteiger charge is 2.33. The summed E-state index contributed by atoms with van der Waals surface area (Å²) in [6.07, 6.45) is 2.18. The van der Waals surface area contributed by atoms with E-state index in [4.69, 9.17) is 0 Å². The SMILES string of the molecule is CN(C)S(=O)(=O)c1cccc(C(=O)N[C@H](c2ccccc2)C2CC2)c1. The van der Waals surface area contributed by atoms with Crippen LogP contribution in [0.25, 0.3) is 0 Å². The highest BCUT2D eigenvalue weighted by atomic mass is 32.2. The first-order chi connectivity index (χ1) is 11.9. The van der Waals surface area contributed by atoms with Crippen LogP contribution in [0.5, 0.6) is 0 Å². The molecule has 1 amide bonds. The number of carbonyl (C=O) groups is 1. The molecule has 0 radical (unpaired) electrons. The molecule has 2 aromatic rings. The van der Waals surface area contributed by atoms with Crippen molar-refractivity contribution in [2.45, 2.75) is 23.8 Å². The Morgan fingerprint density at radius 1 is 1.08 bits per heavy atom. The van der Waals surface area contributed by atoms with E-state index in [0.29, 0.717) is 11.5 Å². The Morgan fingerprint density at radius 2 is 1.76 bits per heavy atom. The van der Waals surface area contributed by atoms with Gasteiger partial charge in [0, 0.05) is 19.7 Å². The van der Waals surface area contributed by atoms with Gasteiger partial charge in [-0.2, -0.15) is 0 Å². The topological polar surface area (TPSA) is 66.5 Å². The van der Waals surface area contributed by atoms with Gasteiger partial charge in [-0.1, -0.05) is 36.4 Å². The number of carbonyl (C=O) groups excluding carboxylic acids is 1. The average molecular weight is 358 g/mol. The van der Waals surface area contributed by atoms with Crippen LogP contribution < -0.4 is 5.32 Å². The van der Waals surface area contributed by atoms with Crippen LogP contribution in [0.15, 0.2) is 59.5 Å². The molecule has 1 atom stereocenters. The lowest BCUT2D eigenvalue weighted by Crippen LogP contribution is -2.30. The van der Waals surface area contributed by atoms with Crippen LogP contribution >= 0.6 is 0 Å². The predicted octanol–water partition coefficient (Wildman–Crippen LogP) is 2.82. The zero-order chi connectivity index (χ0) is 18.0. The van der Waals surface area contributed by atoms with Crippen molar-refractivity contribution in [3.05, 3.63) is 65.7 Å². The summed E-state index contributed by atoms with van der Waals surface area (Å²) in [5, 5.41) is 3.07. The fraction of sp³-hybridized carbons (Fsp3) is 0.316. The maximum atomic E-state index is 12.7. The number of hydrogen-bond donors (Lipinski definition) is 1. The fourth-order valence-corrected chi connectivity index (χ4v) is 3.74.